The number of nitriles is 2. The van der Waals surface area contributed by atoms with Crippen molar-refractivity contribution < 1.29 is 9.47 Å². The Hall–Kier alpha value is -3.32. The molecule has 0 bridgehead atoms. The maximum absolute atomic E-state index is 9.84. The van der Waals surface area contributed by atoms with Crippen molar-refractivity contribution in [2.75, 3.05) is 7.11 Å². The van der Waals surface area contributed by atoms with Crippen LogP contribution in [0.2, 0.25) is 5.02 Å². The Balaban J connectivity index is 1.57. The molecule has 36 heavy (non-hydrogen) atoms. The first kappa shape index (κ1) is 25.8. The molecule has 3 aromatic rings. The van der Waals surface area contributed by atoms with Crippen LogP contribution in [-0.2, 0) is 19.4 Å². The Morgan fingerprint density at radius 3 is 2.67 bits per heavy atom. The van der Waals surface area contributed by atoms with E-state index >= 15 is 0 Å². The van der Waals surface area contributed by atoms with Crippen molar-refractivity contribution in [1.29, 1.82) is 10.5 Å². The summed E-state index contributed by atoms with van der Waals surface area (Å²) >= 11 is 8.17. The number of thiophene rings is 1. The molecule has 1 heterocycles. The highest BCUT2D eigenvalue weighted by Gasteiger charge is 2.32. The van der Waals surface area contributed by atoms with E-state index < -0.39 is 0 Å². The summed E-state index contributed by atoms with van der Waals surface area (Å²) in [5.41, 5.74) is 4.15. The van der Waals surface area contributed by atoms with E-state index in [0.29, 0.717) is 33.6 Å². The van der Waals surface area contributed by atoms with Crippen molar-refractivity contribution in [2.45, 2.75) is 46.6 Å². The van der Waals surface area contributed by atoms with E-state index in [1.165, 1.54) is 4.88 Å². The van der Waals surface area contributed by atoms with Gasteiger partial charge in [-0.05, 0) is 59.9 Å². The van der Waals surface area contributed by atoms with Crippen LogP contribution < -0.4 is 9.47 Å². The summed E-state index contributed by atoms with van der Waals surface area (Å²) < 4.78 is 11.5. The van der Waals surface area contributed by atoms with E-state index in [1.54, 1.807) is 42.9 Å². The lowest BCUT2D eigenvalue weighted by molar-refractivity contribution is 0.218. The molecule has 0 fully saturated rings. The monoisotopic (exact) mass is 517 g/mol. The molecule has 0 radical (unpaired) electrons. The Bertz CT molecular complexity index is 1390. The summed E-state index contributed by atoms with van der Waals surface area (Å²) in [7, 11) is 1.55. The number of methoxy groups -OCH3 is 1. The van der Waals surface area contributed by atoms with Crippen LogP contribution in [0.3, 0.4) is 0 Å². The van der Waals surface area contributed by atoms with E-state index in [4.69, 9.17) is 21.1 Å². The number of benzene rings is 2. The first-order valence-corrected chi connectivity index (χ1v) is 13.0. The SMILES string of the molecule is COc1cc(C=Nc2sc3c(c2C#N)CC[C@H](C(C)(C)C)C3)cc(Cl)c1OCc1ccccc1C#N. The predicted molar refractivity (Wildman–Crippen MR) is 145 cm³/mol. The topological polar surface area (TPSA) is 78.4 Å². The van der Waals surface area contributed by atoms with Gasteiger partial charge < -0.3 is 9.47 Å². The van der Waals surface area contributed by atoms with Crippen molar-refractivity contribution in [3.63, 3.8) is 0 Å². The molecule has 184 valence electrons. The molecule has 4 rings (SSSR count). The fraction of sp³-hybridized carbons (Fsp3) is 0.345. The smallest absolute Gasteiger partial charge is 0.180 e. The molecule has 1 atom stereocenters. The van der Waals surface area contributed by atoms with Crippen LogP contribution in [0.15, 0.2) is 41.4 Å². The largest absolute Gasteiger partial charge is 0.493 e. The molecule has 0 saturated heterocycles. The van der Waals surface area contributed by atoms with Crippen molar-refractivity contribution in [2.24, 2.45) is 16.3 Å². The van der Waals surface area contributed by atoms with Gasteiger partial charge in [-0.2, -0.15) is 10.5 Å². The second-order valence-corrected chi connectivity index (χ2v) is 11.4. The molecule has 0 N–H and O–H groups in total. The van der Waals surface area contributed by atoms with Crippen molar-refractivity contribution >= 4 is 34.2 Å². The molecule has 1 aliphatic carbocycles. The Labute approximate surface area is 221 Å². The predicted octanol–water partition coefficient (Wildman–Crippen LogP) is 7.63. The highest BCUT2D eigenvalue weighted by atomic mass is 35.5. The average molecular weight is 518 g/mol. The lowest BCUT2D eigenvalue weighted by Crippen LogP contribution is -2.26. The summed E-state index contributed by atoms with van der Waals surface area (Å²) in [4.78, 5) is 5.96. The molecule has 0 spiro atoms. The Morgan fingerprint density at radius 1 is 1.19 bits per heavy atom. The van der Waals surface area contributed by atoms with Crippen molar-refractivity contribution in [3.8, 4) is 23.6 Å². The number of hydrogen-bond donors (Lipinski definition) is 0. The highest BCUT2D eigenvalue weighted by molar-refractivity contribution is 7.16. The average Bonchev–Trinajstić information content (AvgIpc) is 3.22. The van der Waals surface area contributed by atoms with Gasteiger partial charge >= 0.3 is 0 Å². The molecule has 5 nitrogen and oxygen atoms in total. The second-order valence-electron chi connectivity index (χ2n) is 9.95. The number of nitrogens with zero attached hydrogens (tertiary/aromatic N) is 3. The second kappa shape index (κ2) is 10.7. The minimum atomic E-state index is 0.190. The third kappa shape index (κ3) is 5.41. The number of halogens is 1. The minimum absolute atomic E-state index is 0.190. The molecular weight excluding hydrogens is 490 g/mol. The number of aliphatic imine (C=N–C) groups is 1. The van der Waals surface area contributed by atoms with Gasteiger partial charge in [-0.1, -0.05) is 50.6 Å². The normalized spacial score (nSPS) is 15.2. The van der Waals surface area contributed by atoms with E-state index in [-0.39, 0.29) is 12.0 Å². The summed E-state index contributed by atoms with van der Waals surface area (Å²) in [5, 5.41) is 20.3. The number of fused-ring (bicyclic) bond motifs is 1. The molecule has 0 saturated carbocycles. The quantitative estimate of drug-likeness (QED) is 0.315. The number of hydrogen-bond acceptors (Lipinski definition) is 6. The highest BCUT2D eigenvalue weighted by Crippen LogP contribution is 2.45. The van der Waals surface area contributed by atoms with Gasteiger partial charge in [0.05, 0.1) is 29.3 Å². The van der Waals surface area contributed by atoms with Crippen LogP contribution in [0.4, 0.5) is 5.00 Å². The Kier molecular flexibility index (Phi) is 7.69. The van der Waals surface area contributed by atoms with Gasteiger partial charge in [-0.15, -0.1) is 11.3 Å². The lowest BCUT2D eigenvalue weighted by Gasteiger charge is -2.33. The first-order valence-electron chi connectivity index (χ1n) is 11.8. The number of ether oxygens (including phenoxy) is 2. The molecule has 2 aromatic carbocycles. The van der Waals surface area contributed by atoms with Gasteiger partial charge in [0.2, 0.25) is 0 Å². The van der Waals surface area contributed by atoms with E-state index in [0.717, 1.165) is 41.0 Å². The van der Waals surface area contributed by atoms with Gasteiger partial charge in [0.15, 0.2) is 11.5 Å². The number of rotatable bonds is 6. The summed E-state index contributed by atoms with van der Waals surface area (Å²) in [5.74, 6) is 1.47. The molecular formula is C29H28ClN3O2S. The van der Waals surface area contributed by atoms with Crippen LogP contribution in [0.5, 0.6) is 11.5 Å². The summed E-state index contributed by atoms with van der Waals surface area (Å²) in [6.07, 6.45) is 4.72. The van der Waals surface area contributed by atoms with Crippen LogP contribution in [0, 0.1) is 34.0 Å². The molecule has 1 aromatic heterocycles. The minimum Gasteiger partial charge on any atom is -0.493 e. The maximum Gasteiger partial charge on any atom is 0.180 e. The fourth-order valence-electron chi connectivity index (χ4n) is 4.51. The summed E-state index contributed by atoms with van der Waals surface area (Å²) in [6.45, 7) is 7.04. The lowest BCUT2D eigenvalue weighted by atomic mass is 9.72. The zero-order valence-corrected chi connectivity index (χ0v) is 22.5. The zero-order valence-electron chi connectivity index (χ0n) is 20.9. The standard InChI is InChI=1S/C29H28ClN3O2S/c1-29(2,3)21-9-10-22-23(15-32)28(36-26(22)13-21)33-16-18-11-24(30)27(25(12-18)34-4)35-17-20-8-6-5-7-19(20)14-31/h5-8,11-12,16,21H,9-10,13,17H2,1-4H3/t21-/m0/s1. The van der Waals surface area contributed by atoms with Crippen LogP contribution in [-0.4, -0.2) is 13.3 Å². The third-order valence-corrected chi connectivity index (χ3v) is 8.12. The Morgan fingerprint density at radius 2 is 1.97 bits per heavy atom. The van der Waals surface area contributed by atoms with Gasteiger partial charge in [0.1, 0.15) is 17.7 Å². The summed E-state index contributed by atoms with van der Waals surface area (Å²) in [6, 6.07) is 15.4. The van der Waals surface area contributed by atoms with Gasteiger partial charge in [-0.25, -0.2) is 4.99 Å². The first-order chi connectivity index (χ1) is 17.2. The van der Waals surface area contributed by atoms with Crippen LogP contribution in [0.1, 0.15) is 59.9 Å². The third-order valence-electron chi connectivity index (χ3n) is 6.68. The fourth-order valence-corrected chi connectivity index (χ4v) is 6.00. The molecule has 7 heteroatoms. The van der Waals surface area contributed by atoms with Crippen molar-refractivity contribution in [3.05, 3.63) is 74.1 Å². The van der Waals surface area contributed by atoms with E-state index in [9.17, 15) is 10.5 Å². The maximum atomic E-state index is 9.84. The van der Waals surface area contributed by atoms with Gasteiger partial charge in [0.25, 0.3) is 0 Å². The molecule has 1 aliphatic rings. The molecule has 0 aliphatic heterocycles. The molecule has 0 amide bonds. The van der Waals surface area contributed by atoms with E-state index in [2.05, 4.69) is 37.9 Å². The van der Waals surface area contributed by atoms with Crippen LogP contribution >= 0.6 is 22.9 Å². The van der Waals surface area contributed by atoms with Gasteiger partial charge in [0, 0.05) is 16.7 Å². The van der Waals surface area contributed by atoms with Crippen LogP contribution in [0.25, 0.3) is 0 Å². The molecule has 0 unspecified atom stereocenters. The van der Waals surface area contributed by atoms with Gasteiger partial charge in [-0.3, -0.25) is 0 Å². The zero-order chi connectivity index (χ0) is 25.9. The van der Waals surface area contributed by atoms with E-state index in [1.807, 2.05) is 18.2 Å². The van der Waals surface area contributed by atoms with Crippen molar-refractivity contribution in [1.82, 2.24) is 0 Å².